The van der Waals surface area contributed by atoms with E-state index in [0.717, 1.165) is 25.7 Å². The second-order valence-electron chi connectivity index (χ2n) is 3.96. The van der Waals surface area contributed by atoms with Gasteiger partial charge in [-0.1, -0.05) is 12.8 Å². The van der Waals surface area contributed by atoms with E-state index >= 15 is 0 Å². The molecule has 0 heterocycles. The number of aliphatic hydroxyl groups is 1. The van der Waals surface area contributed by atoms with Crippen LogP contribution in [-0.2, 0) is 9.53 Å². The van der Waals surface area contributed by atoms with Crippen molar-refractivity contribution in [2.45, 2.75) is 51.6 Å². The lowest BCUT2D eigenvalue weighted by molar-refractivity contribution is -0.143. The van der Waals surface area contributed by atoms with Gasteiger partial charge in [0.15, 0.2) is 0 Å². The quantitative estimate of drug-likeness (QED) is 0.705. The Bertz CT molecular complexity index is 179. The number of hydrogen-bond donors (Lipinski definition) is 1. The molecule has 1 N–H and O–H groups in total. The molecule has 3 nitrogen and oxygen atoms in total. The summed E-state index contributed by atoms with van der Waals surface area (Å²) in [5.74, 6) is 0.179. The highest BCUT2D eigenvalue weighted by Gasteiger charge is 2.23. The topological polar surface area (TPSA) is 46.5 Å². The molecule has 0 aromatic heterocycles. The van der Waals surface area contributed by atoms with Gasteiger partial charge in [0.25, 0.3) is 0 Å². The molecule has 14 heavy (non-hydrogen) atoms. The van der Waals surface area contributed by atoms with Gasteiger partial charge in [0.05, 0.1) is 12.7 Å². The Hall–Kier alpha value is -0.570. The van der Waals surface area contributed by atoms with Gasteiger partial charge in [-0.25, -0.2) is 0 Å². The van der Waals surface area contributed by atoms with Gasteiger partial charge in [-0.05, 0) is 32.1 Å². The first-order valence-corrected chi connectivity index (χ1v) is 5.57. The molecule has 3 heteroatoms. The summed E-state index contributed by atoms with van der Waals surface area (Å²) in [7, 11) is 0. The predicted octanol–water partition coefficient (Wildman–Crippen LogP) is 1.88. The van der Waals surface area contributed by atoms with E-state index in [1.54, 1.807) is 0 Å². The van der Waals surface area contributed by atoms with E-state index in [1.165, 1.54) is 6.42 Å². The third kappa shape index (κ3) is 3.66. The summed E-state index contributed by atoms with van der Waals surface area (Å²) in [6.07, 6.45) is 5.30. The van der Waals surface area contributed by atoms with Crippen LogP contribution in [0.25, 0.3) is 0 Å². The number of hydrogen-bond acceptors (Lipinski definition) is 3. The number of aliphatic hydroxyl groups excluding tert-OH is 1. The number of carbonyl (C=O) groups excluding carboxylic acids is 1. The van der Waals surface area contributed by atoms with E-state index in [4.69, 9.17) is 4.74 Å². The molecule has 1 saturated carbocycles. The molecule has 1 aliphatic carbocycles. The Morgan fingerprint density at radius 2 is 2.14 bits per heavy atom. The fourth-order valence-corrected chi connectivity index (χ4v) is 2.06. The fourth-order valence-electron chi connectivity index (χ4n) is 2.06. The Balaban J connectivity index is 2.19. The zero-order valence-corrected chi connectivity index (χ0v) is 8.87. The van der Waals surface area contributed by atoms with Crippen molar-refractivity contribution in [1.82, 2.24) is 0 Å². The second kappa shape index (κ2) is 6.02. The molecule has 0 aromatic carbocycles. The van der Waals surface area contributed by atoms with Gasteiger partial charge in [0.2, 0.25) is 0 Å². The number of ether oxygens (including phenoxy) is 1. The molecule has 0 spiro atoms. The van der Waals surface area contributed by atoms with Crippen LogP contribution >= 0.6 is 0 Å². The monoisotopic (exact) mass is 200 g/mol. The first kappa shape index (κ1) is 11.5. The highest BCUT2D eigenvalue weighted by Crippen LogP contribution is 2.27. The van der Waals surface area contributed by atoms with Crippen LogP contribution in [0, 0.1) is 5.92 Å². The molecule has 0 saturated heterocycles. The minimum Gasteiger partial charge on any atom is -0.466 e. The lowest BCUT2D eigenvalue weighted by atomic mass is 9.84. The molecule has 0 unspecified atom stereocenters. The molecule has 0 radical (unpaired) electrons. The summed E-state index contributed by atoms with van der Waals surface area (Å²) in [5.41, 5.74) is 0. The number of esters is 1. The van der Waals surface area contributed by atoms with Gasteiger partial charge in [-0.2, -0.15) is 0 Å². The van der Waals surface area contributed by atoms with Gasteiger partial charge in [-0.3, -0.25) is 4.79 Å². The molecule has 0 bridgehead atoms. The lowest BCUT2D eigenvalue weighted by Gasteiger charge is -2.27. The highest BCUT2D eigenvalue weighted by molar-refractivity contribution is 5.69. The molecule has 82 valence electrons. The second-order valence-corrected chi connectivity index (χ2v) is 3.96. The maximum Gasteiger partial charge on any atom is 0.305 e. The van der Waals surface area contributed by atoms with Crippen LogP contribution in [0.3, 0.4) is 0 Å². The molecule has 0 amide bonds. The first-order valence-electron chi connectivity index (χ1n) is 5.57. The predicted molar refractivity (Wildman–Crippen MR) is 53.8 cm³/mol. The van der Waals surface area contributed by atoms with Gasteiger partial charge in [0, 0.05) is 6.42 Å². The van der Waals surface area contributed by atoms with Crippen LogP contribution < -0.4 is 0 Å². The fraction of sp³-hybridized carbons (Fsp3) is 0.909. The number of rotatable bonds is 4. The summed E-state index contributed by atoms with van der Waals surface area (Å²) < 4.78 is 4.85. The average molecular weight is 200 g/mol. The van der Waals surface area contributed by atoms with Gasteiger partial charge < -0.3 is 9.84 Å². The molecular weight excluding hydrogens is 180 g/mol. The van der Waals surface area contributed by atoms with E-state index in [2.05, 4.69) is 0 Å². The largest absolute Gasteiger partial charge is 0.466 e. The third-order valence-corrected chi connectivity index (χ3v) is 2.89. The smallest absolute Gasteiger partial charge is 0.305 e. The Morgan fingerprint density at radius 3 is 2.79 bits per heavy atom. The van der Waals surface area contributed by atoms with Crippen LogP contribution in [0.5, 0.6) is 0 Å². The summed E-state index contributed by atoms with van der Waals surface area (Å²) >= 11 is 0. The molecular formula is C11H20O3. The number of carbonyl (C=O) groups is 1. The molecule has 1 rings (SSSR count). The molecule has 0 aliphatic heterocycles. The van der Waals surface area contributed by atoms with Crippen LogP contribution in [0.15, 0.2) is 0 Å². The maximum atomic E-state index is 11.1. The Kier molecular flexibility index (Phi) is 4.94. The third-order valence-electron chi connectivity index (χ3n) is 2.89. The van der Waals surface area contributed by atoms with E-state index in [-0.39, 0.29) is 12.1 Å². The molecule has 2 atom stereocenters. The van der Waals surface area contributed by atoms with Crippen LogP contribution in [0.4, 0.5) is 0 Å². The van der Waals surface area contributed by atoms with E-state index in [1.807, 2.05) is 6.92 Å². The average Bonchev–Trinajstić information content (AvgIpc) is 2.17. The van der Waals surface area contributed by atoms with Crippen LogP contribution in [0.2, 0.25) is 0 Å². The normalized spacial score (nSPS) is 27.3. The van der Waals surface area contributed by atoms with Crippen molar-refractivity contribution in [2.24, 2.45) is 5.92 Å². The summed E-state index contributed by atoms with van der Waals surface area (Å²) in [4.78, 5) is 11.1. The van der Waals surface area contributed by atoms with Gasteiger partial charge >= 0.3 is 5.97 Å². The van der Waals surface area contributed by atoms with Crippen molar-refractivity contribution in [1.29, 1.82) is 0 Å². The molecule has 1 aliphatic rings. The van der Waals surface area contributed by atoms with E-state index < -0.39 is 0 Å². The zero-order chi connectivity index (χ0) is 10.4. The van der Waals surface area contributed by atoms with E-state index in [9.17, 15) is 9.90 Å². The molecule has 1 fully saturated rings. The van der Waals surface area contributed by atoms with Crippen molar-refractivity contribution >= 4 is 5.97 Å². The van der Waals surface area contributed by atoms with Crippen LogP contribution in [-0.4, -0.2) is 23.8 Å². The molecule has 0 aromatic rings. The van der Waals surface area contributed by atoms with Crippen molar-refractivity contribution in [2.75, 3.05) is 6.61 Å². The lowest BCUT2D eigenvalue weighted by Crippen LogP contribution is -2.25. The summed E-state index contributed by atoms with van der Waals surface area (Å²) in [6.45, 7) is 2.26. The zero-order valence-electron chi connectivity index (χ0n) is 8.87. The minimum atomic E-state index is -0.196. The minimum absolute atomic E-state index is 0.134. The van der Waals surface area contributed by atoms with Crippen molar-refractivity contribution in [3.05, 3.63) is 0 Å². The van der Waals surface area contributed by atoms with E-state index in [0.29, 0.717) is 18.9 Å². The first-order chi connectivity index (χ1) is 6.74. The summed E-state index contributed by atoms with van der Waals surface area (Å²) in [5, 5.41) is 9.66. The maximum absolute atomic E-state index is 11.1. The van der Waals surface area contributed by atoms with Gasteiger partial charge in [-0.15, -0.1) is 0 Å². The standard InChI is InChI=1S/C11H20O3/c1-2-14-11(13)8-7-9-5-3-4-6-10(9)12/h9-10,12H,2-8H2,1H3/t9-,10-/m0/s1. The SMILES string of the molecule is CCOC(=O)CC[C@@H]1CCCC[C@@H]1O. The van der Waals surface area contributed by atoms with Crippen molar-refractivity contribution < 1.29 is 14.6 Å². The Labute approximate surface area is 85.5 Å². The Morgan fingerprint density at radius 1 is 1.43 bits per heavy atom. The van der Waals surface area contributed by atoms with Gasteiger partial charge in [0.1, 0.15) is 0 Å². The summed E-state index contributed by atoms with van der Waals surface area (Å²) in [6, 6.07) is 0. The van der Waals surface area contributed by atoms with Crippen LogP contribution in [0.1, 0.15) is 45.4 Å². The van der Waals surface area contributed by atoms with Crippen molar-refractivity contribution in [3.63, 3.8) is 0 Å². The highest BCUT2D eigenvalue weighted by atomic mass is 16.5. The van der Waals surface area contributed by atoms with Crippen molar-refractivity contribution in [3.8, 4) is 0 Å².